The van der Waals surface area contributed by atoms with Crippen LogP contribution in [0.1, 0.15) is 25.5 Å². The third kappa shape index (κ3) is 5.04. The van der Waals surface area contributed by atoms with Crippen LogP contribution in [0.4, 0.5) is 10.1 Å². The minimum absolute atomic E-state index is 0.111. The summed E-state index contributed by atoms with van der Waals surface area (Å²) in [6.45, 7) is 7.90. The van der Waals surface area contributed by atoms with Gasteiger partial charge < -0.3 is 14.2 Å². The molecule has 1 fully saturated rings. The van der Waals surface area contributed by atoms with E-state index in [2.05, 4.69) is 9.88 Å². The molecular formula is C25H28ClFN4O2. The molecule has 33 heavy (non-hydrogen) atoms. The molecule has 174 valence electrons. The Morgan fingerprint density at radius 1 is 1.12 bits per heavy atom. The predicted molar refractivity (Wildman–Crippen MR) is 128 cm³/mol. The summed E-state index contributed by atoms with van der Waals surface area (Å²) in [5.41, 5.74) is 2.06. The van der Waals surface area contributed by atoms with E-state index in [1.165, 1.54) is 12.3 Å². The van der Waals surface area contributed by atoms with Crippen molar-refractivity contribution in [1.82, 2.24) is 14.8 Å². The fraction of sp³-hybridized carbons (Fsp3) is 0.360. The summed E-state index contributed by atoms with van der Waals surface area (Å²) < 4.78 is 20.2. The van der Waals surface area contributed by atoms with E-state index in [-0.39, 0.29) is 28.8 Å². The first-order valence-electron chi connectivity index (χ1n) is 11.3. The van der Waals surface area contributed by atoms with Gasteiger partial charge in [0, 0.05) is 44.8 Å². The van der Waals surface area contributed by atoms with Crippen LogP contribution in [0, 0.1) is 5.82 Å². The molecule has 2 heterocycles. The summed E-state index contributed by atoms with van der Waals surface area (Å²) >= 11 is 5.81. The predicted octanol–water partition coefficient (Wildman–Crippen LogP) is 4.87. The van der Waals surface area contributed by atoms with E-state index in [0.717, 1.165) is 5.56 Å². The second-order valence-corrected chi connectivity index (χ2v) is 8.38. The van der Waals surface area contributed by atoms with E-state index in [4.69, 9.17) is 16.0 Å². The Balaban J connectivity index is 1.50. The zero-order chi connectivity index (χ0) is 23.4. The van der Waals surface area contributed by atoms with E-state index in [9.17, 15) is 9.18 Å². The van der Waals surface area contributed by atoms with Gasteiger partial charge in [-0.05, 0) is 37.6 Å². The molecule has 1 saturated heterocycles. The lowest BCUT2D eigenvalue weighted by Gasteiger charge is -2.41. The third-order valence-electron chi connectivity index (χ3n) is 6.12. The van der Waals surface area contributed by atoms with Crippen molar-refractivity contribution in [1.29, 1.82) is 0 Å². The second kappa shape index (κ2) is 10.4. The van der Waals surface area contributed by atoms with Crippen LogP contribution < -0.4 is 4.90 Å². The van der Waals surface area contributed by atoms with E-state index in [1.54, 1.807) is 12.1 Å². The van der Waals surface area contributed by atoms with Crippen LogP contribution in [0.3, 0.4) is 0 Å². The van der Waals surface area contributed by atoms with Crippen molar-refractivity contribution in [3.8, 4) is 11.5 Å². The average molecular weight is 471 g/mol. The topological polar surface area (TPSA) is 52.8 Å². The van der Waals surface area contributed by atoms with E-state index in [0.29, 0.717) is 50.5 Å². The molecule has 4 rings (SSSR count). The molecule has 0 spiro atoms. The van der Waals surface area contributed by atoms with Gasteiger partial charge >= 0.3 is 0 Å². The molecule has 6 nitrogen and oxygen atoms in total. The molecule has 0 radical (unpaired) electrons. The molecule has 1 amide bonds. The first-order chi connectivity index (χ1) is 16.0. The average Bonchev–Trinajstić information content (AvgIpc) is 3.28. The zero-order valence-corrected chi connectivity index (χ0v) is 19.6. The van der Waals surface area contributed by atoms with Crippen LogP contribution in [0.2, 0.25) is 5.15 Å². The van der Waals surface area contributed by atoms with Crippen LogP contribution in [0.15, 0.2) is 59.2 Å². The Morgan fingerprint density at radius 2 is 1.82 bits per heavy atom. The van der Waals surface area contributed by atoms with Crippen molar-refractivity contribution in [2.75, 3.05) is 44.2 Å². The maximum Gasteiger partial charge on any atom is 0.244 e. The molecule has 2 aromatic carbocycles. The van der Waals surface area contributed by atoms with Crippen molar-refractivity contribution in [2.24, 2.45) is 0 Å². The van der Waals surface area contributed by atoms with Crippen LogP contribution >= 0.6 is 11.6 Å². The van der Waals surface area contributed by atoms with Gasteiger partial charge in [-0.15, -0.1) is 0 Å². The van der Waals surface area contributed by atoms with Crippen molar-refractivity contribution >= 4 is 23.2 Å². The number of carbonyl (C=O) groups excluding carboxylic acids is 1. The van der Waals surface area contributed by atoms with Crippen LogP contribution in [-0.4, -0.2) is 60.0 Å². The summed E-state index contributed by atoms with van der Waals surface area (Å²) in [5, 5.41) is 0.234. The number of nitrogens with zero attached hydrogens (tertiary/aromatic N) is 4. The quantitative estimate of drug-likeness (QED) is 0.493. The number of oxazole rings is 1. The number of likely N-dealkylation sites (N-methyl/N-ethyl adjacent to an activating group) is 1. The van der Waals surface area contributed by atoms with Gasteiger partial charge in [-0.2, -0.15) is 4.98 Å². The maximum absolute atomic E-state index is 15.0. The number of hydrogen-bond acceptors (Lipinski definition) is 5. The van der Waals surface area contributed by atoms with Crippen LogP contribution in [0.5, 0.6) is 0 Å². The first-order valence-corrected chi connectivity index (χ1v) is 11.6. The van der Waals surface area contributed by atoms with Gasteiger partial charge in [-0.1, -0.05) is 41.9 Å². The summed E-state index contributed by atoms with van der Waals surface area (Å²) in [4.78, 5) is 23.5. The molecule has 0 saturated carbocycles. The van der Waals surface area contributed by atoms with E-state index in [1.807, 2.05) is 54.0 Å². The minimum atomic E-state index is -0.339. The Kier molecular flexibility index (Phi) is 7.30. The smallest absolute Gasteiger partial charge is 0.244 e. The highest BCUT2D eigenvalue weighted by atomic mass is 35.5. The lowest BCUT2D eigenvalue weighted by atomic mass is 10.0. The summed E-state index contributed by atoms with van der Waals surface area (Å²) in [7, 11) is 0. The molecule has 1 atom stereocenters. The number of amides is 1. The SMILES string of the molecule is CCN(CC)C(=O)C(c1ccccc1)N1CCN(c2ccc(-c3nc(Cl)co3)cc2F)CC1. The molecule has 0 N–H and O–H groups in total. The van der Waals surface area contributed by atoms with Gasteiger partial charge in [-0.25, -0.2) is 4.39 Å². The summed E-state index contributed by atoms with van der Waals surface area (Å²) in [5.74, 6) is 0.0600. The summed E-state index contributed by atoms with van der Waals surface area (Å²) in [6.07, 6.45) is 1.32. The number of hydrogen-bond donors (Lipinski definition) is 0. The molecular weight excluding hydrogens is 443 g/mol. The van der Waals surface area contributed by atoms with Gasteiger partial charge in [0.2, 0.25) is 11.8 Å². The standard InChI is InChI=1S/C25H28ClFN4O2/c1-3-29(4-2)25(32)23(18-8-6-5-7-9-18)31-14-12-30(13-15-31)21-11-10-19(16-20(21)27)24-28-22(26)17-33-24/h5-11,16-17,23H,3-4,12-15H2,1-2H3. The zero-order valence-electron chi connectivity index (χ0n) is 18.9. The lowest BCUT2D eigenvalue weighted by Crippen LogP contribution is -2.51. The monoisotopic (exact) mass is 470 g/mol. The van der Waals surface area contributed by atoms with Gasteiger partial charge in [0.1, 0.15) is 18.1 Å². The largest absolute Gasteiger partial charge is 0.443 e. The Bertz CT molecular complexity index is 1080. The highest BCUT2D eigenvalue weighted by Crippen LogP contribution is 2.30. The highest BCUT2D eigenvalue weighted by molar-refractivity contribution is 6.29. The van der Waals surface area contributed by atoms with Gasteiger partial charge in [0.05, 0.1) is 5.69 Å². The number of carbonyl (C=O) groups is 1. The van der Waals surface area contributed by atoms with Crippen molar-refractivity contribution in [2.45, 2.75) is 19.9 Å². The van der Waals surface area contributed by atoms with Crippen molar-refractivity contribution in [3.05, 3.63) is 71.3 Å². The molecule has 0 aliphatic carbocycles. The second-order valence-electron chi connectivity index (χ2n) is 7.99. The molecule has 1 aliphatic heterocycles. The van der Waals surface area contributed by atoms with Gasteiger partial charge in [-0.3, -0.25) is 9.69 Å². The Morgan fingerprint density at radius 3 is 2.39 bits per heavy atom. The fourth-order valence-corrected chi connectivity index (χ4v) is 4.48. The van der Waals surface area contributed by atoms with Gasteiger partial charge in [0.25, 0.3) is 0 Å². The number of anilines is 1. The molecule has 0 bridgehead atoms. The van der Waals surface area contributed by atoms with Gasteiger partial charge in [0.15, 0.2) is 5.15 Å². The molecule has 1 aromatic heterocycles. The first kappa shape index (κ1) is 23.3. The normalized spacial score (nSPS) is 15.5. The van der Waals surface area contributed by atoms with Crippen molar-refractivity contribution in [3.63, 3.8) is 0 Å². The van der Waals surface area contributed by atoms with Crippen LogP contribution in [0.25, 0.3) is 11.5 Å². The highest BCUT2D eigenvalue weighted by Gasteiger charge is 2.33. The number of rotatable bonds is 7. The third-order valence-corrected chi connectivity index (χ3v) is 6.29. The van der Waals surface area contributed by atoms with E-state index >= 15 is 0 Å². The maximum atomic E-state index is 15.0. The Labute approximate surface area is 198 Å². The Hall–Kier alpha value is -2.90. The van der Waals surface area contributed by atoms with E-state index < -0.39 is 0 Å². The number of halogens is 2. The summed E-state index contributed by atoms with van der Waals surface area (Å²) in [6, 6.07) is 14.5. The number of aromatic nitrogens is 1. The molecule has 1 aliphatic rings. The lowest BCUT2D eigenvalue weighted by molar-refractivity contribution is -0.137. The van der Waals surface area contributed by atoms with Crippen LogP contribution in [-0.2, 0) is 4.79 Å². The minimum Gasteiger partial charge on any atom is -0.443 e. The molecule has 3 aromatic rings. The number of benzene rings is 2. The molecule has 8 heteroatoms. The number of piperazine rings is 1. The van der Waals surface area contributed by atoms with Crippen molar-refractivity contribution < 1.29 is 13.6 Å². The fourth-order valence-electron chi connectivity index (χ4n) is 4.36. The molecule has 1 unspecified atom stereocenters.